The lowest BCUT2D eigenvalue weighted by Gasteiger charge is -1.98. The Morgan fingerprint density at radius 3 is 1.86 bits per heavy atom. The molecule has 2 aromatic carbocycles. The van der Waals surface area contributed by atoms with Gasteiger partial charge in [0, 0.05) is 5.88 Å². The minimum atomic E-state index is -2.75. The molecule has 7 heteroatoms. The van der Waals surface area contributed by atoms with Gasteiger partial charge in [-0.25, -0.2) is 4.79 Å². The number of halogens is 1. The highest BCUT2D eigenvalue weighted by atomic mass is 35.5. The van der Waals surface area contributed by atoms with Gasteiger partial charge < -0.3 is 4.74 Å². The predicted molar refractivity (Wildman–Crippen MR) is 84.0 cm³/mol. The molecule has 0 N–H and O–H groups in total. The topological polar surface area (TPSA) is 72.8 Å². The van der Waals surface area contributed by atoms with Crippen molar-refractivity contribution in [1.29, 1.82) is 0 Å². The van der Waals surface area contributed by atoms with Crippen molar-refractivity contribution in [3.05, 3.63) is 71.8 Å². The SMILES string of the molecule is ClCc1ccccc1.O=C(N=S(=O)=O)OCc1ccccc1. The van der Waals surface area contributed by atoms with Gasteiger partial charge in [-0.3, -0.25) is 0 Å². The highest BCUT2D eigenvalue weighted by Gasteiger charge is 2.00. The van der Waals surface area contributed by atoms with Crippen LogP contribution in [0.5, 0.6) is 0 Å². The second kappa shape index (κ2) is 10.5. The van der Waals surface area contributed by atoms with Crippen LogP contribution in [0.2, 0.25) is 0 Å². The summed E-state index contributed by atoms with van der Waals surface area (Å²) < 4.78 is 27.1. The van der Waals surface area contributed by atoms with E-state index in [2.05, 4.69) is 9.10 Å². The highest BCUT2D eigenvalue weighted by Crippen LogP contribution is 2.01. The number of carbonyl (C=O) groups is 1. The van der Waals surface area contributed by atoms with Crippen molar-refractivity contribution < 1.29 is 17.9 Å². The fraction of sp³-hybridized carbons (Fsp3) is 0.133. The zero-order valence-corrected chi connectivity index (χ0v) is 13.1. The average Bonchev–Trinajstić information content (AvgIpc) is 2.55. The third-order valence-electron chi connectivity index (χ3n) is 2.35. The molecular weight excluding hydrogens is 326 g/mol. The standard InChI is InChI=1S/C8H7NO4S.C7H7Cl/c10-8(9-14(11)12)13-6-7-4-2-1-3-5-7;8-6-7-4-2-1-3-5-7/h1-5H,6H2;1-5H,6H2. The molecule has 0 spiro atoms. The molecule has 0 aliphatic carbocycles. The van der Waals surface area contributed by atoms with Crippen molar-refractivity contribution in [2.24, 2.45) is 4.36 Å². The lowest BCUT2D eigenvalue weighted by atomic mass is 10.2. The molecule has 22 heavy (non-hydrogen) atoms. The lowest BCUT2D eigenvalue weighted by Crippen LogP contribution is -1.98. The van der Waals surface area contributed by atoms with Crippen molar-refractivity contribution in [3.63, 3.8) is 0 Å². The molecule has 1 amide bonds. The largest absolute Gasteiger partial charge is 0.449 e. The Bertz CT molecular complexity index is 695. The number of rotatable bonds is 3. The summed E-state index contributed by atoms with van der Waals surface area (Å²) in [4.78, 5) is 10.6. The van der Waals surface area contributed by atoms with Crippen LogP contribution in [0.25, 0.3) is 0 Å². The predicted octanol–water partition coefficient (Wildman–Crippen LogP) is 3.81. The molecule has 0 saturated carbocycles. The van der Waals surface area contributed by atoms with Crippen molar-refractivity contribution in [2.45, 2.75) is 12.5 Å². The highest BCUT2D eigenvalue weighted by molar-refractivity contribution is 7.62. The Morgan fingerprint density at radius 1 is 0.955 bits per heavy atom. The maximum atomic E-state index is 10.6. The first kappa shape index (κ1) is 17.9. The number of alkyl halides is 1. The van der Waals surface area contributed by atoms with Crippen LogP contribution in [0.15, 0.2) is 65.0 Å². The molecule has 0 radical (unpaired) electrons. The monoisotopic (exact) mass is 339 g/mol. The van der Waals surface area contributed by atoms with E-state index in [1.54, 1.807) is 24.3 Å². The Morgan fingerprint density at radius 2 is 1.45 bits per heavy atom. The van der Waals surface area contributed by atoms with Crippen LogP contribution >= 0.6 is 11.6 Å². The molecule has 2 rings (SSSR count). The van der Waals surface area contributed by atoms with Crippen LogP contribution in [0.3, 0.4) is 0 Å². The molecule has 0 aliphatic heterocycles. The molecule has 0 fully saturated rings. The van der Waals surface area contributed by atoms with Crippen LogP contribution in [0, 0.1) is 0 Å². The number of hydrogen-bond donors (Lipinski definition) is 0. The summed E-state index contributed by atoms with van der Waals surface area (Å²) in [6, 6.07) is 18.9. The quantitative estimate of drug-likeness (QED) is 0.797. The summed E-state index contributed by atoms with van der Waals surface area (Å²) in [5, 5.41) is 0. The second-order valence-corrected chi connectivity index (χ2v) is 4.85. The smallest absolute Gasteiger partial charge is 0.442 e. The minimum absolute atomic E-state index is 0.0143. The Balaban J connectivity index is 0.000000255. The molecular formula is C15H14ClNO4S. The summed E-state index contributed by atoms with van der Waals surface area (Å²) in [6.07, 6.45) is -1.11. The van der Waals surface area contributed by atoms with E-state index < -0.39 is 16.6 Å². The van der Waals surface area contributed by atoms with Gasteiger partial charge in [-0.05, 0) is 11.1 Å². The van der Waals surface area contributed by atoms with Gasteiger partial charge in [0.25, 0.3) is 0 Å². The van der Waals surface area contributed by atoms with Crippen LogP contribution in [-0.4, -0.2) is 14.5 Å². The van der Waals surface area contributed by atoms with E-state index in [-0.39, 0.29) is 6.61 Å². The second-order valence-electron chi connectivity index (χ2n) is 3.97. The summed E-state index contributed by atoms with van der Waals surface area (Å²) in [5.41, 5.74) is 1.95. The number of amides is 1. The van der Waals surface area contributed by atoms with E-state index in [1.165, 1.54) is 5.56 Å². The van der Waals surface area contributed by atoms with Crippen LogP contribution in [0.1, 0.15) is 11.1 Å². The first-order chi connectivity index (χ1) is 10.6. The normalized spacial score (nSPS) is 9.14. The molecule has 0 bridgehead atoms. The average molecular weight is 340 g/mol. The van der Waals surface area contributed by atoms with E-state index >= 15 is 0 Å². The van der Waals surface area contributed by atoms with E-state index in [9.17, 15) is 13.2 Å². The van der Waals surface area contributed by atoms with Gasteiger partial charge in [0.15, 0.2) is 0 Å². The number of carbonyl (C=O) groups excluding carboxylic acids is 1. The first-order valence-electron chi connectivity index (χ1n) is 6.23. The minimum Gasteiger partial charge on any atom is -0.442 e. The zero-order valence-electron chi connectivity index (χ0n) is 11.6. The van der Waals surface area contributed by atoms with E-state index in [0.717, 1.165) is 5.56 Å². The number of hydrogen-bond acceptors (Lipinski definition) is 4. The lowest BCUT2D eigenvalue weighted by molar-refractivity contribution is 0.151. The van der Waals surface area contributed by atoms with Crippen LogP contribution in [-0.2, 0) is 27.7 Å². The molecule has 0 unspecified atom stereocenters. The third-order valence-corrected chi connectivity index (χ3v) is 2.96. The fourth-order valence-corrected chi connectivity index (χ4v) is 1.73. The molecule has 5 nitrogen and oxygen atoms in total. The molecule has 0 aromatic heterocycles. The summed E-state index contributed by atoms with van der Waals surface area (Å²) in [6.45, 7) is 0.0143. The maximum absolute atomic E-state index is 10.6. The fourth-order valence-electron chi connectivity index (χ4n) is 1.37. The molecule has 0 atom stereocenters. The maximum Gasteiger partial charge on any atom is 0.449 e. The molecule has 116 valence electrons. The van der Waals surface area contributed by atoms with Gasteiger partial charge in [0.05, 0.1) is 0 Å². The Kier molecular flexibility index (Phi) is 8.56. The third kappa shape index (κ3) is 8.18. The molecule has 0 saturated heterocycles. The van der Waals surface area contributed by atoms with Gasteiger partial charge in [-0.15, -0.1) is 11.6 Å². The van der Waals surface area contributed by atoms with Gasteiger partial charge in [0.1, 0.15) is 6.61 Å². The molecule has 0 heterocycles. The zero-order chi connectivity index (χ0) is 16.2. The van der Waals surface area contributed by atoms with Gasteiger partial charge in [0.2, 0.25) is 0 Å². The number of nitrogens with zero attached hydrogens (tertiary/aromatic N) is 1. The summed E-state index contributed by atoms with van der Waals surface area (Å²) in [7, 11) is -2.75. The van der Waals surface area contributed by atoms with Crippen LogP contribution in [0.4, 0.5) is 4.79 Å². The van der Waals surface area contributed by atoms with E-state index in [0.29, 0.717) is 5.88 Å². The van der Waals surface area contributed by atoms with Gasteiger partial charge in [-0.2, -0.15) is 8.42 Å². The van der Waals surface area contributed by atoms with Gasteiger partial charge >= 0.3 is 16.6 Å². The summed E-state index contributed by atoms with van der Waals surface area (Å²) >= 11 is 5.53. The van der Waals surface area contributed by atoms with Gasteiger partial charge in [-0.1, -0.05) is 65.0 Å². The van der Waals surface area contributed by atoms with Crippen molar-refractivity contribution in [3.8, 4) is 0 Å². The Hall–Kier alpha value is -2.18. The number of ether oxygens (including phenoxy) is 1. The van der Waals surface area contributed by atoms with Crippen molar-refractivity contribution in [1.82, 2.24) is 0 Å². The first-order valence-corrected chi connectivity index (χ1v) is 7.80. The van der Waals surface area contributed by atoms with E-state index in [4.69, 9.17) is 11.6 Å². The Labute approximate surface area is 135 Å². The molecule has 0 aliphatic rings. The molecule has 2 aromatic rings. The van der Waals surface area contributed by atoms with Crippen molar-refractivity contribution >= 4 is 28.2 Å². The summed E-state index contributed by atoms with van der Waals surface area (Å²) in [5.74, 6) is 0.612. The van der Waals surface area contributed by atoms with Crippen molar-refractivity contribution in [2.75, 3.05) is 0 Å². The van der Waals surface area contributed by atoms with E-state index in [1.807, 2.05) is 36.4 Å². The number of benzene rings is 2. The van der Waals surface area contributed by atoms with Crippen LogP contribution < -0.4 is 0 Å².